The van der Waals surface area contributed by atoms with E-state index in [1.165, 1.54) is 17.7 Å². The lowest BCUT2D eigenvalue weighted by Gasteiger charge is -2.18. The number of thiazole rings is 1. The molecule has 3 nitrogen and oxygen atoms in total. The second-order valence-electron chi connectivity index (χ2n) is 4.58. The maximum Gasteiger partial charge on any atom is 0.0897 e. The number of nitrogens with zero attached hydrogens (tertiary/aromatic N) is 1. The van der Waals surface area contributed by atoms with Gasteiger partial charge in [0, 0.05) is 23.7 Å². The lowest BCUT2D eigenvalue weighted by molar-refractivity contribution is 0.246. The zero-order chi connectivity index (χ0) is 12.7. The van der Waals surface area contributed by atoms with E-state index < -0.39 is 0 Å². The Morgan fingerprint density at radius 1 is 1.47 bits per heavy atom. The number of nitrogens with one attached hydrogen (secondary N) is 1. The third-order valence-corrected chi connectivity index (χ3v) is 4.11. The van der Waals surface area contributed by atoms with Gasteiger partial charge in [-0.3, -0.25) is 0 Å². The molecule has 2 unspecified atom stereocenters. The fourth-order valence-electron chi connectivity index (χ4n) is 1.96. The first kappa shape index (κ1) is 14.6. The highest BCUT2D eigenvalue weighted by molar-refractivity contribution is 7.11. The van der Waals surface area contributed by atoms with Crippen LogP contribution < -0.4 is 5.32 Å². The fraction of sp³-hybridized carbons (Fsp3) is 0.769. The number of rotatable bonds is 8. The molecular formula is C13H24N2OS. The second-order valence-corrected chi connectivity index (χ2v) is 5.84. The summed E-state index contributed by atoms with van der Waals surface area (Å²) in [7, 11) is 0. The van der Waals surface area contributed by atoms with Crippen LogP contribution in [-0.4, -0.2) is 23.2 Å². The van der Waals surface area contributed by atoms with Crippen molar-refractivity contribution in [2.75, 3.05) is 13.2 Å². The third kappa shape index (κ3) is 5.15. The van der Waals surface area contributed by atoms with Crippen molar-refractivity contribution in [2.45, 2.75) is 46.1 Å². The molecule has 0 aliphatic heterocycles. The summed E-state index contributed by atoms with van der Waals surface area (Å²) < 4.78 is 0. The van der Waals surface area contributed by atoms with Crippen LogP contribution in [0.1, 0.15) is 49.0 Å². The molecule has 0 aliphatic carbocycles. The van der Waals surface area contributed by atoms with Crippen molar-refractivity contribution >= 4 is 11.3 Å². The molecular weight excluding hydrogens is 232 g/mol. The number of hydrogen-bond donors (Lipinski definition) is 2. The van der Waals surface area contributed by atoms with E-state index in [1.807, 2.05) is 13.1 Å². The average Bonchev–Trinajstić information content (AvgIpc) is 2.73. The van der Waals surface area contributed by atoms with Crippen molar-refractivity contribution in [1.82, 2.24) is 10.3 Å². The van der Waals surface area contributed by atoms with E-state index in [9.17, 15) is 0 Å². The lowest BCUT2D eigenvalue weighted by atomic mass is 10.00. The minimum Gasteiger partial charge on any atom is -0.396 e. The molecule has 0 aliphatic rings. The Balaban J connectivity index is 2.37. The van der Waals surface area contributed by atoms with Crippen molar-refractivity contribution in [3.05, 3.63) is 16.1 Å². The first-order valence-electron chi connectivity index (χ1n) is 6.44. The molecule has 0 aromatic carbocycles. The van der Waals surface area contributed by atoms with Crippen LogP contribution in [0.3, 0.4) is 0 Å². The van der Waals surface area contributed by atoms with E-state index in [-0.39, 0.29) is 0 Å². The van der Waals surface area contributed by atoms with Crippen LogP contribution in [0.25, 0.3) is 0 Å². The molecule has 2 N–H and O–H groups in total. The van der Waals surface area contributed by atoms with Crippen molar-refractivity contribution in [3.63, 3.8) is 0 Å². The van der Waals surface area contributed by atoms with Gasteiger partial charge in [-0.15, -0.1) is 11.3 Å². The van der Waals surface area contributed by atoms with Crippen molar-refractivity contribution in [3.8, 4) is 0 Å². The Morgan fingerprint density at radius 2 is 2.24 bits per heavy atom. The number of aryl methyl sites for hydroxylation is 1. The maximum absolute atomic E-state index is 9.01. The predicted octanol–water partition coefficient (Wildman–Crippen LogP) is 2.90. The summed E-state index contributed by atoms with van der Waals surface area (Å²) in [5, 5.41) is 13.7. The van der Waals surface area contributed by atoms with E-state index in [0.29, 0.717) is 18.6 Å². The average molecular weight is 256 g/mol. The molecule has 4 heteroatoms. The van der Waals surface area contributed by atoms with Gasteiger partial charge in [-0.2, -0.15) is 0 Å². The molecule has 1 aromatic heterocycles. The quantitative estimate of drug-likeness (QED) is 0.751. The Hall–Kier alpha value is -0.450. The van der Waals surface area contributed by atoms with Gasteiger partial charge in [0.25, 0.3) is 0 Å². The summed E-state index contributed by atoms with van der Waals surface area (Å²) in [4.78, 5) is 5.57. The van der Waals surface area contributed by atoms with Crippen LogP contribution in [0.5, 0.6) is 0 Å². The van der Waals surface area contributed by atoms with Crippen LogP contribution in [-0.2, 0) is 0 Å². The van der Waals surface area contributed by atoms with E-state index in [1.54, 1.807) is 11.3 Å². The first-order chi connectivity index (χ1) is 8.17. The zero-order valence-corrected chi connectivity index (χ0v) is 11.9. The summed E-state index contributed by atoms with van der Waals surface area (Å²) in [5.74, 6) is 0.585. The SMILES string of the molecule is CCCC(CCO)CNC(C)c1cnc(C)s1. The molecule has 0 spiro atoms. The van der Waals surface area contributed by atoms with Crippen molar-refractivity contribution in [1.29, 1.82) is 0 Å². The highest BCUT2D eigenvalue weighted by atomic mass is 32.1. The monoisotopic (exact) mass is 256 g/mol. The van der Waals surface area contributed by atoms with E-state index in [4.69, 9.17) is 5.11 Å². The van der Waals surface area contributed by atoms with Crippen LogP contribution >= 0.6 is 11.3 Å². The molecule has 0 saturated heterocycles. The van der Waals surface area contributed by atoms with E-state index in [2.05, 4.69) is 24.1 Å². The summed E-state index contributed by atoms with van der Waals surface area (Å²) in [6.07, 6.45) is 5.22. The van der Waals surface area contributed by atoms with Gasteiger partial charge in [0.1, 0.15) is 0 Å². The Labute approximate surface area is 108 Å². The summed E-state index contributed by atoms with van der Waals surface area (Å²) in [6, 6.07) is 0.360. The molecule has 0 amide bonds. The van der Waals surface area contributed by atoms with Gasteiger partial charge in [0.05, 0.1) is 5.01 Å². The molecule has 98 valence electrons. The molecule has 1 aromatic rings. The zero-order valence-electron chi connectivity index (χ0n) is 11.1. The van der Waals surface area contributed by atoms with Gasteiger partial charge >= 0.3 is 0 Å². The highest BCUT2D eigenvalue weighted by Crippen LogP contribution is 2.20. The van der Waals surface area contributed by atoms with E-state index >= 15 is 0 Å². The van der Waals surface area contributed by atoms with Gasteiger partial charge in [-0.25, -0.2) is 4.98 Å². The molecule has 0 fully saturated rings. The van der Waals surface area contributed by atoms with Gasteiger partial charge in [-0.1, -0.05) is 13.3 Å². The number of aliphatic hydroxyl groups is 1. The predicted molar refractivity (Wildman–Crippen MR) is 73.4 cm³/mol. The number of hydrogen-bond acceptors (Lipinski definition) is 4. The van der Waals surface area contributed by atoms with Crippen LogP contribution in [0.2, 0.25) is 0 Å². The molecule has 0 bridgehead atoms. The van der Waals surface area contributed by atoms with Crippen molar-refractivity contribution < 1.29 is 5.11 Å². The molecule has 1 heterocycles. The minimum atomic E-state index is 0.292. The van der Waals surface area contributed by atoms with Gasteiger partial charge in [0.2, 0.25) is 0 Å². The third-order valence-electron chi connectivity index (χ3n) is 3.01. The Morgan fingerprint density at radius 3 is 2.76 bits per heavy atom. The van der Waals surface area contributed by atoms with Crippen molar-refractivity contribution in [2.24, 2.45) is 5.92 Å². The lowest BCUT2D eigenvalue weighted by Crippen LogP contribution is -2.26. The summed E-state index contributed by atoms with van der Waals surface area (Å²) in [5.41, 5.74) is 0. The van der Waals surface area contributed by atoms with Crippen LogP contribution in [0.15, 0.2) is 6.20 Å². The molecule has 0 radical (unpaired) electrons. The van der Waals surface area contributed by atoms with Gasteiger partial charge in [0.15, 0.2) is 0 Å². The largest absolute Gasteiger partial charge is 0.396 e. The summed E-state index contributed by atoms with van der Waals surface area (Å²) >= 11 is 1.75. The normalized spacial score (nSPS) is 14.8. The first-order valence-corrected chi connectivity index (χ1v) is 7.25. The standard InChI is InChI=1S/C13H24N2OS/c1-4-5-12(6-7-16)8-14-10(2)13-9-15-11(3)17-13/h9-10,12,14,16H,4-8H2,1-3H3. The molecule has 17 heavy (non-hydrogen) atoms. The fourth-order valence-corrected chi connectivity index (χ4v) is 2.77. The van der Waals surface area contributed by atoms with Gasteiger partial charge < -0.3 is 10.4 Å². The smallest absolute Gasteiger partial charge is 0.0897 e. The second kappa shape index (κ2) is 7.80. The van der Waals surface area contributed by atoms with E-state index in [0.717, 1.165) is 18.0 Å². The minimum absolute atomic E-state index is 0.292. The number of aliphatic hydroxyl groups excluding tert-OH is 1. The topological polar surface area (TPSA) is 45.1 Å². The van der Waals surface area contributed by atoms with Crippen LogP contribution in [0, 0.1) is 12.8 Å². The summed E-state index contributed by atoms with van der Waals surface area (Å²) in [6.45, 7) is 7.68. The Kier molecular flexibility index (Phi) is 6.70. The Bertz CT molecular complexity index is 308. The highest BCUT2D eigenvalue weighted by Gasteiger charge is 2.12. The number of aromatic nitrogens is 1. The van der Waals surface area contributed by atoms with Gasteiger partial charge in [-0.05, 0) is 39.2 Å². The molecule has 2 atom stereocenters. The maximum atomic E-state index is 9.01. The molecule has 1 rings (SSSR count). The molecule has 0 saturated carbocycles. The van der Waals surface area contributed by atoms with Crippen LogP contribution in [0.4, 0.5) is 0 Å².